The molecule has 0 fully saturated rings. The van der Waals surface area contributed by atoms with E-state index in [2.05, 4.69) is 13.8 Å². The van der Waals surface area contributed by atoms with Gasteiger partial charge in [-0.05, 0) is 12.3 Å². The van der Waals surface area contributed by atoms with Gasteiger partial charge >= 0.3 is 0 Å². The molecule has 0 spiro atoms. The molecule has 0 saturated heterocycles. The highest BCUT2D eigenvalue weighted by Gasteiger charge is 1.96. The molecule has 0 aliphatic heterocycles. The van der Waals surface area contributed by atoms with Gasteiger partial charge in [0.1, 0.15) is 0 Å². The van der Waals surface area contributed by atoms with Crippen molar-refractivity contribution in [2.24, 2.45) is 5.92 Å². The maximum Gasteiger partial charge on any atom is 0.0491 e. The summed E-state index contributed by atoms with van der Waals surface area (Å²) in [6.07, 6.45) is 1.93. The molecule has 0 aromatic heterocycles. The second kappa shape index (κ2) is 7.03. The van der Waals surface area contributed by atoms with Gasteiger partial charge in [0.15, 0.2) is 0 Å². The van der Waals surface area contributed by atoms with Crippen molar-refractivity contribution in [2.75, 3.05) is 19.8 Å². The van der Waals surface area contributed by atoms with Gasteiger partial charge in [-0.15, -0.1) is 0 Å². The van der Waals surface area contributed by atoms with Crippen LogP contribution in [-0.4, -0.2) is 24.9 Å². The molecule has 0 aliphatic carbocycles. The van der Waals surface area contributed by atoms with E-state index in [9.17, 15) is 0 Å². The van der Waals surface area contributed by atoms with E-state index in [1.807, 2.05) is 0 Å². The van der Waals surface area contributed by atoms with Crippen molar-refractivity contribution < 1.29 is 9.84 Å². The van der Waals surface area contributed by atoms with Crippen LogP contribution in [0.1, 0.15) is 26.7 Å². The Morgan fingerprint density at radius 2 is 2.20 bits per heavy atom. The SMILES string of the molecule is CCC(C)COCCCO. The smallest absolute Gasteiger partial charge is 0.0491 e. The molecule has 0 heterocycles. The van der Waals surface area contributed by atoms with E-state index in [0.717, 1.165) is 13.0 Å². The number of rotatable bonds is 6. The summed E-state index contributed by atoms with van der Waals surface area (Å²) in [7, 11) is 0. The van der Waals surface area contributed by atoms with Gasteiger partial charge in [-0.1, -0.05) is 20.3 Å². The summed E-state index contributed by atoms with van der Waals surface area (Å²) < 4.78 is 5.27. The van der Waals surface area contributed by atoms with Crippen LogP contribution < -0.4 is 0 Å². The minimum Gasteiger partial charge on any atom is -0.396 e. The molecular formula is C8H18O2. The maximum absolute atomic E-state index is 8.41. The minimum atomic E-state index is 0.237. The second-order valence-electron chi connectivity index (χ2n) is 2.67. The minimum absolute atomic E-state index is 0.237. The van der Waals surface area contributed by atoms with Crippen molar-refractivity contribution in [1.29, 1.82) is 0 Å². The molecule has 0 saturated carbocycles. The zero-order valence-electron chi connectivity index (χ0n) is 6.97. The van der Waals surface area contributed by atoms with Crippen molar-refractivity contribution in [1.82, 2.24) is 0 Å². The highest BCUT2D eigenvalue weighted by Crippen LogP contribution is 2.00. The van der Waals surface area contributed by atoms with Crippen LogP contribution in [0.4, 0.5) is 0 Å². The first-order valence-corrected chi connectivity index (χ1v) is 3.99. The fraction of sp³-hybridized carbons (Fsp3) is 1.00. The van der Waals surface area contributed by atoms with Gasteiger partial charge in [0, 0.05) is 19.8 Å². The van der Waals surface area contributed by atoms with Crippen molar-refractivity contribution in [3.63, 3.8) is 0 Å². The van der Waals surface area contributed by atoms with E-state index in [4.69, 9.17) is 9.84 Å². The summed E-state index contributed by atoms with van der Waals surface area (Å²) in [4.78, 5) is 0. The molecule has 1 atom stereocenters. The van der Waals surface area contributed by atoms with Gasteiger partial charge in [0.2, 0.25) is 0 Å². The lowest BCUT2D eigenvalue weighted by Crippen LogP contribution is -2.06. The average molecular weight is 146 g/mol. The normalized spacial score (nSPS) is 13.5. The van der Waals surface area contributed by atoms with Gasteiger partial charge in [0.25, 0.3) is 0 Å². The van der Waals surface area contributed by atoms with Crippen LogP contribution in [0.25, 0.3) is 0 Å². The Kier molecular flexibility index (Phi) is 6.98. The topological polar surface area (TPSA) is 29.5 Å². The molecule has 1 N–H and O–H groups in total. The molecule has 62 valence electrons. The van der Waals surface area contributed by atoms with Gasteiger partial charge < -0.3 is 9.84 Å². The van der Waals surface area contributed by atoms with Crippen LogP contribution in [-0.2, 0) is 4.74 Å². The Hall–Kier alpha value is -0.0800. The van der Waals surface area contributed by atoms with Gasteiger partial charge in [0.05, 0.1) is 0 Å². The van der Waals surface area contributed by atoms with Crippen LogP contribution >= 0.6 is 0 Å². The third-order valence-corrected chi connectivity index (χ3v) is 1.55. The van der Waals surface area contributed by atoms with Gasteiger partial charge in [-0.25, -0.2) is 0 Å². The molecule has 0 rings (SSSR count). The highest BCUT2D eigenvalue weighted by atomic mass is 16.5. The number of aliphatic hydroxyl groups excluding tert-OH is 1. The molecule has 1 unspecified atom stereocenters. The fourth-order valence-corrected chi connectivity index (χ4v) is 0.569. The Morgan fingerprint density at radius 3 is 2.70 bits per heavy atom. The predicted octanol–water partition coefficient (Wildman–Crippen LogP) is 1.43. The van der Waals surface area contributed by atoms with Crippen molar-refractivity contribution in [3.05, 3.63) is 0 Å². The lowest BCUT2D eigenvalue weighted by molar-refractivity contribution is 0.0902. The number of hydrogen-bond donors (Lipinski definition) is 1. The first-order chi connectivity index (χ1) is 4.81. The largest absolute Gasteiger partial charge is 0.396 e. The monoisotopic (exact) mass is 146 g/mol. The summed E-state index contributed by atoms with van der Waals surface area (Å²) in [5.41, 5.74) is 0. The summed E-state index contributed by atoms with van der Waals surface area (Å²) >= 11 is 0. The Bertz CT molecular complexity index is 64.3. The Balaban J connectivity index is 2.89. The number of hydrogen-bond acceptors (Lipinski definition) is 2. The van der Waals surface area contributed by atoms with E-state index in [1.54, 1.807) is 0 Å². The molecular weight excluding hydrogens is 128 g/mol. The summed E-state index contributed by atoms with van der Waals surface area (Å²) in [6.45, 7) is 6.08. The van der Waals surface area contributed by atoms with Gasteiger partial charge in [-0.2, -0.15) is 0 Å². The predicted molar refractivity (Wildman–Crippen MR) is 42.0 cm³/mol. The summed E-state index contributed by atoms with van der Waals surface area (Å²) in [5, 5.41) is 8.41. The van der Waals surface area contributed by atoms with Crippen LogP contribution in [0.3, 0.4) is 0 Å². The molecule has 0 radical (unpaired) electrons. The molecule has 0 aromatic rings. The van der Waals surface area contributed by atoms with Crippen molar-refractivity contribution in [2.45, 2.75) is 26.7 Å². The molecule has 0 amide bonds. The first-order valence-electron chi connectivity index (χ1n) is 3.99. The standard InChI is InChI=1S/C8H18O2/c1-3-8(2)7-10-6-4-5-9/h8-9H,3-7H2,1-2H3. The quantitative estimate of drug-likeness (QED) is 0.574. The van der Waals surface area contributed by atoms with Crippen LogP contribution in [0.5, 0.6) is 0 Å². The third-order valence-electron chi connectivity index (χ3n) is 1.55. The summed E-state index contributed by atoms with van der Waals surface area (Å²) in [5.74, 6) is 0.652. The van der Waals surface area contributed by atoms with E-state index < -0.39 is 0 Å². The van der Waals surface area contributed by atoms with Crippen LogP contribution in [0, 0.1) is 5.92 Å². The molecule has 0 aliphatic rings. The molecule has 0 aromatic carbocycles. The van der Waals surface area contributed by atoms with E-state index in [0.29, 0.717) is 12.5 Å². The molecule has 2 nitrogen and oxygen atoms in total. The molecule has 2 heteroatoms. The van der Waals surface area contributed by atoms with Gasteiger partial charge in [-0.3, -0.25) is 0 Å². The Labute approximate surface area is 63.2 Å². The van der Waals surface area contributed by atoms with Crippen molar-refractivity contribution in [3.8, 4) is 0 Å². The van der Waals surface area contributed by atoms with E-state index in [-0.39, 0.29) is 6.61 Å². The maximum atomic E-state index is 8.41. The molecule has 0 bridgehead atoms. The van der Waals surface area contributed by atoms with E-state index >= 15 is 0 Å². The van der Waals surface area contributed by atoms with Crippen LogP contribution in [0.15, 0.2) is 0 Å². The Morgan fingerprint density at radius 1 is 1.50 bits per heavy atom. The highest BCUT2D eigenvalue weighted by molar-refractivity contribution is 4.45. The van der Waals surface area contributed by atoms with E-state index in [1.165, 1.54) is 6.42 Å². The fourth-order valence-electron chi connectivity index (χ4n) is 0.569. The molecule has 10 heavy (non-hydrogen) atoms. The van der Waals surface area contributed by atoms with Crippen molar-refractivity contribution >= 4 is 0 Å². The first kappa shape index (κ1) is 9.92. The third kappa shape index (κ3) is 6.05. The zero-order chi connectivity index (χ0) is 7.82. The van der Waals surface area contributed by atoms with Crippen LogP contribution in [0.2, 0.25) is 0 Å². The second-order valence-corrected chi connectivity index (χ2v) is 2.67. The lowest BCUT2D eigenvalue weighted by Gasteiger charge is -2.07. The summed E-state index contributed by atoms with van der Waals surface area (Å²) in [6, 6.07) is 0. The number of ether oxygens (including phenoxy) is 1. The average Bonchev–Trinajstić information content (AvgIpc) is 1.98. The zero-order valence-corrected chi connectivity index (χ0v) is 6.97. The lowest BCUT2D eigenvalue weighted by atomic mass is 10.1. The number of aliphatic hydroxyl groups is 1.